The van der Waals surface area contributed by atoms with Crippen LogP contribution in [0.25, 0.3) is 0 Å². The van der Waals surface area contributed by atoms with Crippen molar-refractivity contribution in [3.8, 4) is 12.3 Å². The second-order valence-corrected chi connectivity index (χ2v) is 13.7. The van der Waals surface area contributed by atoms with E-state index in [0.717, 1.165) is 6.42 Å². The summed E-state index contributed by atoms with van der Waals surface area (Å²) in [6.07, 6.45) is 4.01. The zero-order chi connectivity index (χ0) is 23.9. The lowest BCUT2D eigenvalue weighted by molar-refractivity contribution is -0.165. The average molecular weight is 469 g/mol. The third-order valence-corrected chi connectivity index (χ3v) is 11.2. The van der Waals surface area contributed by atoms with E-state index >= 15 is 0 Å². The molecule has 33 heavy (non-hydrogen) atoms. The fourth-order valence-electron chi connectivity index (χ4n) is 4.57. The molecule has 1 fully saturated rings. The molecule has 0 unspecified atom stereocenters. The van der Waals surface area contributed by atoms with Crippen LogP contribution in [0, 0.1) is 12.3 Å². The summed E-state index contributed by atoms with van der Waals surface area (Å²) in [5.41, 5.74) is 0. The van der Waals surface area contributed by atoms with Gasteiger partial charge in [0.05, 0.1) is 6.61 Å². The average Bonchev–Trinajstić information content (AvgIpc) is 3.12. The van der Waals surface area contributed by atoms with Gasteiger partial charge in [-0.15, -0.1) is 12.3 Å². The Morgan fingerprint density at radius 1 is 1.03 bits per heavy atom. The second kappa shape index (κ2) is 11.4. The largest absolute Gasteiger partial charge is 0.405 e. The third kappa shape index (κ3) is 5.57. The molecular formula is C27H36O5Si. The molecular weight excluding hydrogens is 432 g/mol. The number of rotatable bonds is 10. The van der Waals surface area contributed by atoms with Crippen molar-refractivity contribution in [3.63, 3.8) is 0 Å². The van der Waals surface area contributed by atoms with Gasteiger partial charge in [-0.05, 0) is 21.8 Å². The molecule has 178 valence electrons. The van der Waals surface area contributed by atoms with Gasteiger partial charge in [0.15, 0.2) is 6.29 Å². The topological polar surface area (TPSA) is 57.2 Å². The molecule has 1 heterocycles. The molecule has 0 bridgehead atoms. The predicted molar refractivity (Wildman–Crippen MR) is 133 cm³/mol. The fraction of sp³-hybridized carbons (Fsp3) is 0.481. The number of hydrogen-bond donors (Lipinski definition) is 1. The molecule has 0 aromatic heterocycles. The molecule has 0 aliphatic carbocycles. The Morgan fingerprint density at radius 2 is 1.61 bits per heavy atom. The van der Waals surface area contributed by atoms with E-state index in [0.29, 0.717) is 13.0 Å². The van der Waals surface area contributed by atoms with Gasteiger partial charge in [0.25, 0.3) is 8.32 Å². The molecule has 0 radical (unpaired) electrons. The number of hydrogen-bond acceptors (Lipinski definition) is 5. The first kappa shape index (κ1) is 25.6. The molecule has 1 aliphatic heterocycles. The van der Waals surface area contributed by atoms with Crippen LogP contribution < -0.4 is 10.4 Å². The Hall–Kier alpha value is -1.98. The van der Waals surface area contributed by atoms with Crippen LogP contribution in [-0.2, 0) is 18.6 Å². The molecule has 1 N–H and O–H groups in total. The molecule has 0 amide bonds. The van der Waals surface area contributed by atoms with Crippen LogP contribution in [0.2, 0.25) is 5.04 Å². The van der Waals surface area contributed by atoms with Crippen LogP contribution in [0.15, 0.2) is 60.7 Å². The highest BCUT2D eigenvalue weighted by Crippen LogP contribution is 2.37. The Labute approximate surface area is 199 Å². The number of methoxy groups -OCH3 is 1. The SMILES string of the molecule is C#CCCCO[C@H]1[C@H](OC)O[C@H](CO[Si](c2ccccc2)(c2ccccc2)C(C)(C)C)[C@H]1O. The number of aliphatic hydroxyl groups is 1. The summed E-state index contributed by atoms with van der Waals surface area (Å²) in [6, 6.07) is 20.8. The zero-order valence-corrected chi connectivity index (χ0v) is 21.1. The Kier molecular flexibility index (Phi) is 8.88. The Bertz CT molecular complexity index is 851. The van der Waals surface area contributed by atoms with E-state index in [4.69, 9.17) is 25.1 Å². The standard InChI is InChI=1S/C27H36O5Si/c1-6-7-14-19-30-25-24(28)23(32-26(25)29-5)20-31-33(27(2,3)4,21-15-10-8-11-16-21)22-17-12-9-13-18-22/h1,8-13,15-18,23-26,28H,7,14,19-20H2,2-5H3/t23-,24-,25-,26-/m1/s1. The smallest absolute Gasteiger partial charge is 0.261 e. The van der Waals surface area contributed by atoms with E-state index in [1.54, 1.807) is 7.11 Å². The van der Waals surface area contributed by atoms with Crippen molar-refractivity contribution in [3.05, 3.63) is 60.7 Å². The first-order valence-electron chi connectivity index (χ1n) is 11.5. The summed E-state index contributed by atoms with van der Waals surface area (Å²) in [5, 5.41) is 13.2. The van der Waals surface area contributed by atoms with Gasteiger partial charge in [-0.25, -0.2) is 0 Å². The lowest BCUT2D eigenvalue weighted by atomic mass is 10.1. The summed E-state index contributed by atoms with van der Waals surface area (Å²) in [7, 11) is -1.18. The van der Waals surface area contributed by atoms with E-state index in [2.05, 4.69) is 75.2 Å². The van der Waals surface area contributed by atoms with Crippen LogP contribution in [-0.4, -0.2) is 58.3 Å². The number of aliphatic hydroxyl groups excluding tert-OH is 1. The van der Waals surface area contributed by atoms with E-state index in [-0.39, 0.29) is 11.6 Å². The highest BCUT2D eigenvalue weighted by Gasteiger charge is 2.52. The molecule has 1 saturated heterocycles. The van der Waals surface area contributed by atoms with E-state index in [1.165, 1.54) is 10.4 Å². The summed E-state index contributed by atoms with van der Waals surface area (Å²) in [6.45, 7) is 7.34. The maximum absolute atomic E-state index is 11.0. The van der Waals surface area contributed by atoms with Crippen LogP contribution in [0.4, 0.5) is 0 Å². The molecule has 3 rings (SSSR count). The fourth-order valence-corrected chi connectivity index (χ4v) is 9.14. The zero-order valence-electron chi connectivity index (χ0n) is 20.1. The van der Waals surface area contributed by atoms with Crippen molar-refractivity contribution < 1.29 is 23.7 Å². The van der Waals surface area contributed by atoms with Crippen molar-refractivity contribution >= 4 is 18.7 Å². The minimum Gasteiger partial charge on any atom is -0.405 e. The molecule has 2 aromatic carbocycles. The number of terminal acetylenes is 1. The van der Waals surface area contributed by atoms with Crippen LogP contribution in [0.3, 0.4) is 0 Å². The minimum absolute atomic E-state index is 0.162. The third-order valence-electron chi connectivity index (χ3n) is 6.18. The molecule has 5 nitrogen and oxygen atoms in total. The Morgan fingerprint density at radius 3 is 2.09 bits per heavy atom. The molecule has 6 heteroatoms. The van der Waals surface area contributed by atoms with E-state index in [1.807, 2.05) is 12.1 Å². The quantitative estimate of drug-likeness (QED) is 0.330. The van der Waals surface area contributed by atoms with Crippen molar-refractivity contribution in [2.75, 3.05) is 20.3 Å². The van der Waals surface area contributed by atoms with E-state index in [9.17, 15) is 5.11 Å². The molecule has 0 saturated carbocycles. The van der Waals surface area contributed by atoms with Crippen molar-refractivity contribution in [1.29, 1.82) is 0 Å². The van der Waals surface area contributed by atoms with Crippen molar-refractivity contribution in [1.82, 2.24) is 0 Å². The van der Waals surface area contributed by atoms with Crippen molar-refractivity contribution in [2.24, 2.45) is 0 Å². The normalized spacial score (nSPS) is 23.4. The van der Waals surface area contributed by atoms with Gasteiger partial charge in [0, 0.05) is 20.1 Å². The number of ether oxygens (including phenoxy) is 3. The first-order valence-corrected chi connectivity index (χ1v) is 13.4. The minimum atomic E-state index is -2.73. The second-order valence-electron chi connectivity index (χ2n) is 9.39. The van der Waals surface area contributed by atoms with Gasteiger partial charge >= 0.3 is 0 Å². The molecule has 2 aromatic rings. The summed E-state index contributed by atoms with van der Waals surface area (Å²) < 4.78 is 24.3. The van der Waals surface area contributed by atoms with Crippen molar-refractivity contribution in [2.45, 2.75) is 63.3 Å². The van der Waals surface area contributed by atoms with Gasteiger partial charge in [0.1, 0.15) is 18.3 Å². The number of benzene rings is 2. The number of unbranched alkanes of at least 4 members (excludes halogenated alkanes) is 1. The lowest BCUT2D eigenvalue weighted by Gasteiger charge is -2.43. The predicted octanol–water partition coefficient (Wildman–Crippen LogP) is 3.09. The summed E-state index contributed by atoms with van der Waals surface area (Å²) in [5.74, 6) is 2.60. The van der Waals surface area contributed by atoms with Gasteiger partial charge in [0.2, 0.25) is 0 Å². The maximum Gasteiger partial charge on any atom is 0.261 e. The van der Waals surface area contributed by atoms with Crippen LogP contribution in [0.5, 0.6) is 0 Å². The first-order chi connectivity index (χ1) is 15.8. The van der Waals surface area contributed by atoms with Gasteiger partial charge in [-0.2, -0.15) is 0 Å². The lowest BCUT2D eigenvalue weighted by Crippen LogP contribution is -2.67. The van der Waals surface area contributed by atoms with Gasteiger partial charge in [-0.3, -0.25) is 0 Å². The van der Waals surface area contributed by atoms with Gasteiger partial charge < -0.3 is 23.7 Å². The monoisotopic (exact) mass is 468 g/mol. The summed E-state index contributed by atoms with van der Waals surface area (Å²) >= 11 is 0. The van der Waals surface area contributed by atoms with Crippen LogP contribution in [0.1, 0.15) is 33.6 Å². The highest BCUT2D eigenvalue weighted by molar-refractivity contribution is 6.99. The van der Waals surface area contributed by atoms with E-state index < -0.39 is 32.9 Å². The molecule has 0 spiro atoms. The maximum atomic E-state index is 11.0. The highest BCUT2D eigenvalue weighted by atomic mass is 28.4. The molecule has 1 aliphatic rings. The Balaban J connectivity index is 1.87. The van der Waals surface area contributed by atoms with Gasteiger partial charge in [-0.1, -0.05) is 81.4 Å². The molecule has 4 atom stereocenters. The van der Waals surface area contributed by atoms with Crippen LogP contribution >= 0.6 is 0 Å². The summed E-state index contributed by atoms with van der Waals surface area (Å²) in [4.78, 5) is 0.